The van der Waals surface area contributed by atoms with E-state index >= 15 is 0 Å². The Balaban J connectivity index is 3.52. The van der Waals surface area contributed by atoms with Crippen LogP contribution in [0.15, 0.2) is 0 Å². The smallest absolute Gasteiger partial charge is 0.248 e. The summed E-state index contributed by atoms with van der Waals surface area (Å²) in [5.74, 6) is 1.26. The molecular weight excluding hydrogens is 504 g/mol. The largest absolute Gasteiger partial charge is 0.399 e. The van der Waals surface area contributed by atoms with E-state index in [0.717, 1.165) is 25.7 Å². The summed E-state index contributed by atoms with van der Waals surface area (Å²) in [5.41, 5.74) is 0. The maximum Gasteiger partial charge on any atom is 0.399 e. The summed E-state index contributed by atoms with van der Waals surface area (Å²) in [4.78, 5) is 0. The van der Waals surface area contributed by atoms with Crippen LogP contribution in [0.5, 0.6) is 0 Å². The van der Waals surface area contributed by atoms with E-state index in [9.17, 15) is 8.42 Å². The molecule has 236 valence electrons. The molecule has 0 aliphatic rings. The summed E-state index contributed by atoms with van der Waals surface area (Å²) in [6.07, 6.45) is 33.4. The van der Waals surface area contributed by atoms with Crippen LogP contribution in [-0.2, 0) is 18.8 Å². The molecule has 0 heterocycles. The molecule has 0 fully saturated rings. The van der Waals surface area contributed by atoms with E-state index < -0.39 is 10.4 Å². The highest BCUT2D eigenvalue weighted by molar-refractivity contribution is 7.81. The zero-order valence-electron chi connectivity index (χ0n) is 27.0. The number of hydrogen-bond acceptors (Lipinski definition) is 4. The highest BCUT2D eigenvalue weighted by Crippen LogP contribution is 2.19. The van der Waals surface area contributed by atoms with E-state index in [-0.39, 0.29) is 13.2 Å². The van der Waals surface area contributed by atoms with Crippen molar-refractivity contribution in [3.8, 4) is 0 Å². The van der Waals surface area contributed by atoms with Crippen LogP contribution in [0.2, 0.25) is 0 Å². The van der Waals surface area contributed by atoms with Crippen molar-refractivity contribution in [1.29, 1.82) is 0 Å². The third kappa shape index (κ3) is 30.7. The first-order valence-corrected chi connectivity index (χ1v) is 18.8. The molecule has 0 bridgehead atoms. The molecule has 0 aromatic carbocycles. The van der Waals surface area contributed by atoms with Crippen LogP contribution in [-0.4, -0.2) is 21.6 Å². The maximum atomic E-state index is 12.0. The Morgan fingerprint density at radius 2 is 0.667 bits per heavy atom. The second-order valence-corrected chi connectivity index (χ2v) is 13.8. The van der Waals surface area contributed by atoms with Gasteiger partial charge in [-0.05, 0) is 37.5 Å². The first kappa shape index (κ1) is 38.9. The first-order valence-electron chi connectivity index (χ1n) is 17.4. The highest BCUT2D eigenvalue weighted by Gasteiger charge is 2.13. The predicted molar refractivity (Wildman–Crippen MR) is 171 cm³/mol. The first-order chi connectivity index (χ1) is 18.9. The van der Waals surface area contributed by atoms with Gasteiger partial charge in [-0.25, -0.2) is 8.37 Å². The Bertz CT molecular complexity index is 534. The van der Waals surface area contributed by atoms with Crippen molar-refractivity contribution >= 4 is 10.4 Å². The molecule has 0 saturated carbocycles. The van der Waals surface area contributed by atoms with Crippen molar-refractivity contribution in [2.24, 2.45) is 11.8 Å². The molecule has 39 heavy (non-hydrogen) atoms. The Hall–Kier alpha value is -0.130. The van der Waals surface area contributed by atoms with E-state index in [1.807, 2.05) is 0 Å². The van der Waals surface area contributed by atoms with E-state index in [0.29, 0.717) is 11.8 Å². The van der Waals surface area contributed by atoms with Crippen LogP contribution in [0.3, 0.4) is 0 Å². The third-order valence-corrected chi connectivity index (χ3v) is 9.15. The highest BCUT2D eigenvalue weighted by atomic mass is 32.3. The van der Waals surface area contributed by atoms with Crippen molar-refractivity contribution in [2.75, 3.05) is 13.2 Å². The number of rotatable bonds is 32. The lowest BCUT2D eigenvalue weighted by Gasteiger charge is -2.12. The molecule has 2 atom stereocenters. The SMILES string of the molecule is CCCCCCCCCCCCC(C)CCCOS(=O)(=O)OCCCC(C)CCCCCCCCCCCC. The molecule has 0 N–H and O–H groups in total. The van der Waals surface area contributed by atoms with E-state index in [4.69, 9.17) is 8.37 Å². The minimum Gasteiger partial charge on any atom is -0.248 e. The zero-order chi connectivity index (χ0) is 28.9. The van der Waals surface area contributed by atoms with Crippen molar-refractivity contribution in [1.82, 2.24) is 0 Å². The monoisotopic (exact) mass is 574 g/mol. The van der Waals surface area contributed by atoms with Crippen LogP contribution in [0.25, 0.3) is 0 Å². The third-order valence-electron chi connectivity index (χ3n) is 8.24. The van der Waals surface area contributed by atoms with Gasteiger partial charge in [-0.1, -0.05) is 169 Å². The molecule has 0 amide bonds. The molecule has 5 heteroatoms. The summed E-state index contributed by atoms with van der Waals surface area (Å²) >= 11 is 0. The Kier molecular flexibility index (Phi) is 29.3. The molecule has 4 nitrogen and oxygen atoms in total. The molecule has 0 spiro atoms. The van der Waals surface area contributed by atoms with Crippen LogP contribution in [0, 0.1) is 11.8 Å². The van der Waals surface area contributed by atoms with Gasteiger partial charge in [0.05, 0.1) is 13.2 Å². The Morgan fingerprint density at radius 1 is 0.410 bits per heavy atom. The van der Waals surface area contributed by atoms with Gasteiger partial charge in [0.15, 0.2) is 0 Å². The molecule has 0 radical (unpaired) electrons. The Morgan fingerprint density at radius 3 is 0.974 bits per heavy atom. The van der Waals surface area contributed by atoms with Crippen molar-refractivity contribution in [2.45, 2.75) is 195 Å². The quantitative estimate of drug-likeness (QED) is 0.0750. The van der Waals surface area contributed by atoms with Crippen LogP contribution in [0.1, 0.15) is 195 Å². The van der Waals surface area contributed by atoms with Crippen LogP contribution in [0.4, 0.5) is 0 Å². The molecule has 0 aliphatic heterocycles. The van der Waals surface area contributed by atoms with Gasteiger partial charge in [0, 0.05) is 0 Å². The minimum atomic E-state index is -3.85. The fraction of sp³-hybridized carbons (Fsp3) is 1.00. The summed E-state index contributed by atoms with van der Waals surface area (Å²) in [5, 5.41) is 0. The van der Waals surface area contributed by atoms with Crippen LogP contribution >= 0.6 is 0 Å². The molecule has 2 unspecified atom stereocenters. The average Bonchev–Trinajstić information content (AvgIpc) is 2.91. The molecule has 0 aromatic heterocycles. The second-order valence-electron chi connectivity index (χ2n) is 12.5. The van der Waals surface area contributed by atoms with Gasteiger partial charge >= 0.3 is 10.4 Å². The second kappa shape index (κ2) is 29.4. The van der Waals surface area contributed by atoms with Crippen molar-refractivity contribution < 1.29 is 16.8 Å². The minimum absolute atomic E-state index is 0.236. The summed E-state index contributed by atoms with van der Waals surface area (Å²) < 4.78 is 34.2. The van der Waals surface area contributed by atoms with Crippen molar-refractivity contribution in [3.05, 3.63) is 0 Å². The lowest BCUT2D eigenvalue weighted by Crippen LogP contribution is -2.13. The van der Waals surface area contributed by atoms with Crippen molar-refractivity contribution in [3.63, 3.8) is 0 Å². The molecule has 0 rings (SSSR count). The fourth-order valence-electron chi connectivity index (χ4n) is 5.47. The van der Waals surface area contributed by atoms with E-state index in [1.54, 1.807) is 0 Å². The van der Waals surface area contributed by atoms with Gasteiger partial charge in [-0.2, -0.15) is 8.42 Å². The van der Waals surface area contributed by atoms with Gasteiger partial charge in [0.1, 0.15) is 0 Å². The summed E-state index contributed by atoms with van der Waals surface area (Å²) in [6, 6.07) is 0. The Labute approximate surface area is 246 Å². The normalized spacial score (nSPS) is 13.6. The molecular formula is C34H70O4S. The van der Waals surface area contributed by atoms with Gasteiger partial charge in [0.2, 0.25) is 0 Å². The lowest BCUT2D eigenvalue weighted by atomic mass is 9.97. The van der Waals surface area contributed by atoms with Gasteiger partial charge in [-0.3, -0.25) is 0 Å². The topological polar surface area (TPSA) is 52.6 Å². The van der Waals surface area contributed by atoms with Gasteiger partial charge in [-0.15, -0.1) is 0 Å². The molecule has 0 saturated heterocycles. The molecule has 0 aliphatic carbocycles. The standard InChI is InChI=1S/C34H70O4S/c1-5-7-9-11-13-15-17-19-21-23-27-33(3)29-25-31-37-39(35,36)38-32-26-30-34(4)28-24-22-20-18-16-14-12-10-8-6-2/h33-34H,5-32H2,1-4H3. The molecule has 0 aromatic rings. The lowest BCUT2D eigenvalue weighted by molar-refractivity contribution is 0.202. The van der Waals surface area contributed by atoms with Crippen LogP contribution < -0.4 is 0 Å². The zero-order valence-corrected chi connectivity index (χ0v) is 27.8. The summed E-state index contributed by atoms with van der Waals surface area (Å²) in [6.45, 7) is 9.56. The van der Waals surface area contributed by atoms with Gasteiger partial charge in [0.25, 0.3) is 0 Å². The maximum absolute atomic E-state index is 12.0. The van der Waals surface area contributed by atoms with E-state index in [2.05, 4.69) is 27.7 Å². The number of hydrogen-bond donors (Lipinski definition) is 0. The summed E-state index contributed by atoms with van der Waals surface area (Å²) in [7, 11) is -3.85. The fourth-order valence-corrected chi connectivity index (χ4v) is 6.18. The van der Waals surface area contributed by atoms with Gasteiger partial charge < -0.3 is 0 Å². The van der Waals surface area contributed by atoms with E-state index in [1.165, 1.54) is 141 Å². The average molecular weight is 575 g/mol. The number of unbranched alkanes of at least 4 members (excludes halogenated alkanes) is 18. The predicted octanol–water partition coefficient (Wildman–Crippen LogP) is 11.7.